The number of anilines is 1. The Balaban J connectivity index is 1.70. The van der Waals surface area contributed by atoms with Gasteiger partial charge in [-0.3, -0.25) is 4.79 Å². The van der Waals surface area contributed by atoms with Crippen LogP contribution >= 0.6 is 0 Å². The third kappa shape index (κ3) is 4.98. The zero-order valence-electron chi connectivity index (χ0n) is 15.3. The lowest BCUT2D eigenvalue weighted by Crippen LogP contribution is -2.44. The van der Waals surface area contributed by atoms with Crippen LogP contribution in [0.25, 0.3) is 6.08 Å². The highest BCUT2D eigenvalue weighted by Gasteiger charge is 2.31. The normalized spacial score (nSPS) is 16.0. The van der Waals surface area contributed by atoms with Gasteiger partial charge in [0.25, 0.3) is 0 Å². The number of hydrogen-bond acceptors (Lipinski definition) is 3. The van der Waals surface area contributed by atoms with Crippen molar-refractivity contribution >= 4 is 17.5 Å². The lowest BCUT2D eigenvalue weighted by Gasteiger charge is -2.34. The summed E-state index contributed by atoms with van der Waals surface area (Å²) in [5.74, 6) is -1.36. The summed E-state index contributed by atoms with van der Waals surface area (Å²) < 4.78 is 51.7. The molecule has 28 heavy (non-hydrogen) atoms. The molecule has 0 N–H and O–H groups in total. The van der Waals surface area contributed by atoms with Gasteiger partial charge in [-0.25, -0.2) is 4.39 Å². The van der Waals surface area contributed by atoms with E-state index in [4.69, 9.17) is 0 Å². The molecule has 0 bridgehead atoms. The van der Waals surface area contributed by atoms with Gasteiger partial charge in [-0.2, -0.15) is 13.2 Å². The largest absolute Gasteiger partial charge is 0.416 e. The summed E-state index contributed by atoms with van der Waals surface area (Å²) in [4.78, 5) is 16.8. The maximum atomic E-state index is 13.4. The van der Waals surface area contributed by atoms with Crippen molar-refractivity contribution in [2.24, 2.45) is 0 Å². The number of piperazine rings is 1. The Morgan fingerprint density at radius 2 is 1.64 bits per heavy atom. The minimum absolute atomic E-state index is 0.0188. The van der Waals surface area contributed by atoms with Crippen LogP contribution < -0.4 is 4.90 Å². The molecule has 0 aliphatic carbocycles. The molecule has 0 unspecified atom stereocenters. The first-order chi connectivity index (χ1) is 13.2. The highest BCUT2D eigenvalue weighted by molar-refractivity contribution is 6.07. The monoisotopic (exact) mass is 392 g/mol. The standard InChI is InChI=1S/C21H20F4N2O/c1-26-8-10-27(11-9-26)19-5-3-16(4-6-19)20(28)7-2-15-12-17(21(23,24)25)14-18(22)13-15/h2-7,12-14H,8-11H2,1H3/b7-2+. The predicted octanol–water partition coefficient (Wildman–Crippen LogP) is 4.49. The predicted molar refractivity (Wildman–Crippen MR) is 101 cm³/mol. The summed E-state index contributed by atoms with van der Waals surface area (Å²) in [6, 6.07) is 9.28. The number of likely N-dealkylation sites (N-methyl/N-ethyl adjacent to an activating group) is 1. The smallest absolute Gasteiger partial charge is 0.369 e. The fourth-order valence-electron chi connectivity index (χ4n) is 3.04. The van der Waals surface area contributed by atoms with Crippen molar-refractivity contribution in [3.05, 3.63) is 71.0 Å². The third-order valence-corrected chi connectivity index (χ3v) is 4.69. The van der Waals surface area contributed by atoms with Crippen molar-refractivity contribution < 1.29 is 22.4 Å². The summed E-state index contributed by atoms with van der Waals surface area (Å²) in [7, 11) is 2.07. The molecule has 2 aromatic carbocycles. The molecule has 0 aromatic heterocycles. The number of halogens is 4. The molecule has 148 valence electrons. The molecule has 0 spiro atoms. The van der Waals surface area contributed by atoms with Gasteiger partial charge in [0.2, 0.25) is 0 Å². The molecule has 3 rings (SSSR count). The van der Waals surface area contributed by atoms with Gasteiger partial charge in [0.15, 0.2) is 5.78 Å². The zero-order valence-corrected chi connectivity index (χ0v) is 15.3. The van der Waals surface area contributed by atoms with Gasteiger partial charge in [0.1, 0.15) is 5.82 Å². The van der Waals surface area contributed by atoms with Crippen LogP contribution in [-0.2, 0) is 6.18 Å². The van der Waals surface area contributed by atoms with Crippen molar-refractivity contribution in [3.8, 4) is 0 Å². The van der Waals surface area contributed by atoms with Gasteiger partial charge in [0, 0.05) is 37.4 Å². The molecule has 0 atom stereocenters. The Kier molecular flexibility index (Phi) is 5.84. The molecule has 1 heterocycles. The first kappa shape index (κ1) is 20.1. The van der Waals surface area contributed by atoms with Crippen LogP contribution in [0.4, 0.5) is 23.2 Å². The van der Waals surface area contributed by atoms with E-state index in [1.807, 2.05) is 12.1 Å². The maximum absolute atomic E-state index is 13.4. The van der Waals surface area contributed by atoms with Gasteiger partial charge in [0.05, 0.1) is 5.56 Å². The van der Waals surface area contributed by atoms with Crippen molar-refractivity contribution in [1.82, 2.24) is 4.90 Å². The summed E-state index contributed by atoms with van der Waals surface area (Å²) in [5, 5.41) is 0. The minimum atomic E-state index is -4.65. The maximum Gasteiger partial charge on any atom is 0.416 e. The van der Waals surface area contributed by atoms with Crippen LogP contribution in [0.1, 0.15) is 21.5 Å². The van der Waals surface area contributed by atoms with Gasteiger partial charge >= 0.3 is 6.18 Å². The molecular weight excluding hydrogens is 372 g/mol. The number of nitrogens with zero attached hydrogens (tertiary/aromatic N) is 2. The van der Waals surface area contributed by atoms with E-state index in [1.54, 1.807) is 12.1 Å². The molecule has 2 aromatic rings. The Hall–Kier alpha value is -2.67. The van der Waals surface area contributed by atoms with E-state index in [0.29, 0.717) is 11.6 Å². The Morgan fingerprint density at radius 3 is 2.25 bits per heavy atom. The van der Waals surface area contributed by atoms with Crippen LogP contribution in [0.5, 0.6) is 0 Å². The number of rotatable bonds is 4. The number of carbonyl (C=O) groups excluding carboxylic acids is 1. The van der Waals surface area contributed by atoms with E-state index < -0.39 is 17.6 Å². The van der Waals surface area contributed by atoms with Crippen LogP contribution in [-0.4, -0.2) is 43.9 Å². The summed E-state index contributed by atoms with van der Waals surface area (Å²) in [6.45, 7) is 3.75. The molecule has 7 heteroatoms. The Labute approximate surface area is 160 Å². The molecule has 1 aliphatic heterocycles. The molecule has 1 aliphatic rings. The number of benzene rings is 2. The highest BCUT2D eigenvalue weighted by atomic mass is 19.4. The van der Waals surface area contributed by atoms with Crippen LogP contribution in [0.2, 0.25) is 0 Å². The molecule has 0 amide bonds. The molecule has 0 radical (unpaired) electrons. The van der Waals surface area contributed by atoms with Crippen molar-refractivity contribution in [2.75, 3.05) is 38.1 Å². The second-order valence-corrected chi connectivity index (χ2v) is 6.81. The van der Waals surface area contributed by atoms with Crippen molar-refractivity contribution in [1.29, 1.82) is 0 Å². The van der Waals surface area contributed by atoms with Crippen LogP contribution in [0, 0.1) is 5.82 Å². The third-order valence-electron chi connectivity index (χ3n) is 4.69. The van der Waals surface area contributed by atoms with Gasteiger partial charge < -0.3 is 9.80 Å². The highest BCUT2D eigenvalue weighted by Crippen LogP contribution is 2.30. The fraction of sp³-hybridized carbons (Fsp3) is 0.286. The van der Waals surface area contributed by atoms with Crippen LogP contribution in [0.3, 0.4) is 0 Å². The molecule has 3 nitrogen and oxygen atoms in total. The van der Waals surface area contributed by atoms with Crippen molar-refractivity contribution in [3.63, 3.8) is 0 Å². The average Bonchev–Trinajstić information content (AvgIpc) is 2.66. The van der Waals surface area contributed by atoms with Crippen molar-refractivity contribution in [2.45, 2.75) is 6.18 Å². The fourth-order valence-corrected chi connectivity index (χ4v) is 3.04. The number of allylic oxidation sites excluding steroid dienone is 1. The van der Waals surface area contributed by atoms with Crippen LogP contribution in [0.15, 0.2) is 48.5 Å². The number of hydrogen-bond donors (Lipinski definition) is 0. The number of carbonyl (C=O) groups is 1. The molecule has 1 saturated heterocycles. The average molecular weight is 392 g/mol. The van der Waals surface area contributed by atoms with Gasteiger partial charge in [-0.15, -0.1) is 0 Å². The number of alkyl halides is 3. The summed E-state index contributed by atoms with van der Waals surface area (Å²) >= 11 is 0. The molecular formula is C21H20F4N2O. The van der Waals surface area contributed by atoms with Gasteiger partial charge in [-0.1, -0.05) is 6.08 Å². The first-order valence-corrected chi connectivity index (χ1v) is 8.86. The van der Waals surface area contributed by atoms with E-state index in [2.05, 4.69) is 16.8 Å². The Morgan fingerprint density at radius 1 is 1.00 bits per heavy atom. The SMILES string of the molecule is CN1CCN(c2ccc(C(=O)/C=C/c3cc(F)cc(C(F)(F)F)c3)cc2)CC1. The molecule has 1 fully saturated rings. The van der Waals surface area contributed by atoms with E-state index in [-0.39, 0.29) is 11.3 Å². The topological polar surface area (TPSA) is 23.6 Å². The Bertz CT molecular complexity index is 867. The second kappa shape index (κ2) is 8.14. The lowest BCUT2D eigenvalue weighted by atomic mass is 10.1. The first-order valence-electron chi connectivity index (χ1n) is 8.86. The minimum Gasteiger partial charge on any atom is -0.369 e. The lowest BCUT2D eigenvalue weighted by molar-refractivity contribution is -0.137. The quantitative estimate of drug-likeness (QED) is 0.435. The number of ketones is 1. The summed E-state index contributed by atoms with van der Waals surface area (Å²) in [5.41, 5.74) is 0.334. The van der Waals surface area contributed by atoms with E-state index in [9.17, 15) is 22.4 Å². The zero-order chi connectivity index (χ0) is 20.3. The summed E-state index contributed by atoms with van der Waals surface area (Å²) in [6.07, 6.45) is -2.30. The molecule has 0 saturated carbocycles. The van der Waals surface area contributed by atoms with E-state index in [1.165, 1.54) is 6.08 Å². The van der Waals surface area contributed by atoms with E-state index >= 15 is 0 Å². The second-order valence-electron chi connectivity index (χ2n) is 6.81. The van der Waals surface area contributed by atoms with Gasteiger partial charge in [-0.05, 0) is 61.2 Å². The van der Waals surface area contributed by atoms with E-state index in [0.717, 1.165) is 50.1 Å².